The number of pyridine rings is 1. The van der Waals surface area contributed by atoms with Gasteiger partial charge in [-0.05, 0) is 56.0 Å². The first-order valence-corrected chi connectivity index (χ1v) is 10.5. The van der Waals surface area contributed by atoms with E-state index in [-0.39, 0.29) is 12.3 Å². The van der Waals surface area contributed by atoms with Crippen LogP contribution in [-0.4, -0.2) is 37.5 Å². The van der Waals surface area contributed by atoms with Gasteiger partial charge in [-0.1, -0.05) is 0 Å². The second-order valence-corrected chi connectivity index (χ2v) is 7.98. The molecule has 1 saturated carbocycles. The molecule has 1 N–H and O–H groups in total. The first-order valence-electron chi connectivity index (χ1n) is 10.5. The van der Waals surface area contributed by atoms with Crippen molar-refractivity contribution in [3.8, 4) is 5.75 Å². The average Bonchev–Trinajstić information content (AvgIpc) is 3.49. The molecule has 0 saturated heterocycles. The summed E-state index contributed by atoms with van der Waals surface area (Å²) in [6, 6.07) is 10.4. The number of imidazole rings is 1. The highest BCUT2D eigenvalue weighted by atomic mass is 16.5. The topological polar surface area (TPSA) is 74.2 Å². The van der Waals surface area contributed by atoms with Crippen LogP contribution in [0, 0.1) is 0 Å². The summed E-state index contributed by atoms with van der Waals surface area (Å²) < 4.78 is 11.4. The molecule has 7 nitrogen and oxygen atoms in total. The summed E-state index contributed by atoms with van der Waals surface area (Å²) in [7, 11) is 1.67. The van der Waals surface area contributed by atoms with Crippen molar-refractivity contribution in [2.45, 2.75) is 44.8 Å². The Hall–Kier alpha value is -3.06. The molecule has 156 valence electrons. The highest BCUT2D eigenvalue weighted by Crippen LogP contribution is 2.36. The van der Waals surface area contributed by atoms with E-state index in [2.05, 4.69) is 21.7 Å². The molecule has 1 aliphatic rings. The Kier molecular flexibility index (Phi) is 4.83. The molecule has 7 heteroatoms. The molecule has 0 atom stereocenters. The van der Waals surface area contributed by atoms with Gasteiger partial charge in [-0.3, -0.25) is 14.1 Å². The first-order chi connectivity index (χ1) is 14.7. The van der Waals surface area contributed by atoms with E-state index in [0.717, 1.165) is 65.6 Å². The molecule has 1 aromatic carbocycles. The van der Waals surface area contributed by atoms with Crippen molar-refractivity contribution in [2.75, 3.05) is 13.7 Å². The standard InChI is InChI=1S/C23H26N4O3/c1-30-19-6-7-20-16(13-19)12-18(25(20)10-2-3-11-28)15-26-22-14-24-9-8-21(22)27(23(26)29)17-4-5-17/h6-9,12-14,17,28H,2-5,10-11,15H2,1H3. The fraction of sp³-hybridized carbons (Fsp3) is 0.391. The average molecular weight is 406 g/mol. The van der Waals surface area contributed by atoms with Gasteiger partial charge in [-0.15, -0.1) is 0 Å². The van der Waals surface area contributed by atoms with Crippen molar-refractivity contribution in [2.24, 2.45) is 0 Å². The number of aromatic nitrogens is 4. The third kappa shape index (κ3) is 3.19. The van der Waals surface area contributed by atoms with Crippen molar-refractivity contribution in [1.29, 1.82) is 0 Å². The molecule has 30 heavy (non-hydrogen) atoms. The van der Waals surface area contributed by atoms with Gasteiger partial charge in [0, 0.05) is 42.0 Å². The molecule has 3 aromatic heterocycles. The number of aliphatic hydroxyl groups is 1. The number of fused-ring (bicyclic) bond motifs is 2. The number of rotatable bonds is 8. The number of methoxy groups -OCH3 is 1. The zero-order chi connectivity index (χ0) is 20.7. The Bertz CT molecular complexity index is 1260. The maximum absolute atomic E-state index is 13.3. The maximum atomic E-state index is 13.3. The second-order valence-electron chi connectivity index (χ2n) is 7.98. The van der Waals surface area contributed by atoms with Gasteiger partial charge in [-0.2, -0.15) is 0 Å². The van der Waals surface area contributed by atoms with Gasteiger partial charge in [0.15, 0.2) is 0 Å². The summed E-state index contributed by atoms with van der Waals surface area (Å²) in [5.41, 5.74) is 4.05. The highest BCUT2D eigenvalue weighted by Gasteiger charge is 2.29. The lowest BCUT2D eigenvalue weighted by atomic mass is 10.2. The van der Waals surface area contributed by atoms with E-state index < -0.39 is 0 Å². The number of benzene rings is 1. The smallest absolute Gasteiger partial charge is 0.329 e. The monoisotopic (exact) mass is 406 g/mol. The molecule has 5 rings (SSSR count). The molecule has 0 bridgehead atoms. The Morgan fingerprint density at radius 2 is 1.97 bits per heavy atom. The van der Waals surface area contributed by atoms with E-state index in [1.165, 1.54) is 0 Å². The fourth-order valence-electron chi connectivity index (χ4n) is 4.34. The van der Waals surface area contributed by atoms with Crippen molar-refractivity contribution in [3.05, 3.63) is 58.9 Å². The molecule has 1 fully saturated rings. The van der Waals surface area contributed by atoms with Gasteiger partial charge in [0.1, 0.15) is 5.75 Å². The van der Waals surface area contributed by atoms with E-state index in [9.17, 15) is 9.90 Å². The number of ether oxygens (including phenoxy) is 1. The Labute approximate surface area is 174 Å². The Morgan fingerprint density at radius 3 is 2.73 bits per heavy atom. The highest BCUT2D eigenvalue weighted by molar-refractivity contribution is 5.83. The van der Waals surface area contributed by atoms with Gasteiger partial charge < -0.3 is 14.4 Å². The molecule has 0 unspecified atom stereocenters. The van der Waals surface area contributed by atoms with Gasteiger partial charge >= 0.3 is 5.69 Å². The molecule has 3 heterocycles. The van der Waals surface area contributed by atoms with E-state index in [0.29, 0.717) is 12.6 Å². The van der Waals surface area contributed by atoms with E-state index >= 15 is 0 Å². The predicted octanol–water partition coefficient (Wildman–Crippen LogP) is 3.32. The van der Waals surface area contributed by atoms with Crippen LogP contribution < -0.4 is 10.4 Å². The van der Waals surface area contributed by atoms with Gasteiger partial charge in [-0.25, -0.2) is 4.79 Å². The normalized spacial score (nSPS) is 14.1. The predicted molar refractivity (Wildman–Crippen MR) is 116 cm³/mol. The van der Waals surface area contributed by atoms with Crippen LogP contribution in [0.2, 0.25) is 0 Å². The number of aliphatic hydroxyl groups excluding tert-OH is 1. The zero-order valence-corrected chi connectivity index (χ0v) is 17.1. The lowest BCUT2D eigenvalue weighted by Gasteiger charge is -2.11. The van der Waals surface area contributed by atoms with Crippen LogP contribution in [-0.2, 0) is 13.1 Å². The quantitative estimate of drug-likeness (QED) is 0.456. The first kappa shape index (κ1) is 18.9. The van der Waals surface area contributed by atoms with Crippen LogP contribution in [0.3, 0.4) is 0 Å². The summed E-state index contributed by atoms with van der Waals surface area (Å²) >= 11 is 0. The van der Waals surface area contributed by atoms with Crippen molar-refractivity contribution >= 4 is 21.9 Å². The second kappa shape index (κ2) is 7.65. The van der Waals surface area contributed by atoms with E-state index in [1.807, 2.05) is 27.3 Å². The lowest BCUT2D eigenvalue weighted by Crippen LogP contribution is -2.25. The molecule has 1 aliphatic carbocycles. The number of hydrogen-bond donors (Lipinski definition) is 1. The minimum atomic E-state index is 0.0326. The number of aryl methyl sites for hydroxylation is 1. The minimum Gasteiger partial charge on any atom is -0.497 e. The largest absolute Gasteiger partial charge is 0.497 e. The van der Waals surface area contributed by atoms with Gasteiger partial charge in [0.2, 0.25) is 0 Å². The summed E-state index contributed by atoms with van der Waals surface area (Å²) in [6.07, 6.45) is 7.28. The van der Waals surface area contributed by atoms with E-state index in [1.54, 1.807) is 19.5 Å². The zero-order valence-electron chi connectivity index (χ0n) is 17.1. The van der Waals surface area contributed by atoms with Crippen LogP contribution in [0.15, 0.2) is 47.5 Å². The summed E-state index contributed by atoms with van der Waals surface area (Å²) in [4.78, 5) is 17.6. The van der Waals surface area contributed by atoms with Crippen molar-refractivity contribution in [3.63, 3.8) is 0 Å². The molecule has 0 aliphatic heterocycles. The fourth-order valence-corrected chi connectivity index (χ4v) is 4.34. The molecular weight excluding hydrogens is 380 g/mol. The van der Waals surface area contributed by atoms with E-state index in [4.69, 9.17) is 4.74 Å². The number of unbranched alkanes of at least 4 members (excludes halogenated alkanes) is 1. The van der Waals surface area contributed by atoms with Crippen LogP contribution in [0.25, 0.3) is 21.9 Å². The van der Waals surface area contributed by atoms with Gasteiger partial charge in [0.25, 0.3) is 0 Å². The Balaban J connectivity index is 1.62. The van der Waals surface area contributed by atoms with Crippen LogP contribution in [0.4, 0.5) is 0 Å². The lowest BCUT2D eigenvalue weighted by molar-refractivity contribution is 0.281. The summed E-state index contributed by atoms with van der Waals surface area (Å²) in [5.74, 6) is 0.813. The third-order valence-electron chi connectivity index (χ3n) is 5.98. The van der Waals surface area contributed by atoms with Crippen molar-refractivity contribution < 1.29 is 9.84 Å². The molecule has 0 spiro atoms. The SMILES string of the molecule is COc1ccc2c(c1)cc(Cn1c(=O)n(C3CC3)c3ccncc31)n2CCCCO. The Morgan fingerprint density at radius 1 is 1.10 bits per heavy atom. The number of hydrogen-bond acceptors (Lipinski definition) is 4. The van der Waals surface area contributed by atoms with Crippen LogP contribution in [0.5, 0.6) is 5.75 Å². The van der Waals surface area contributed by atoms with Crippen LogP contribution in [0.1, 0.15) is 37.4 Å². The van der Waals surface area contributed by atoms with Gasteiger partial charge in [0.05, 0.1) is 30.9 Å². The summed E-state index contributed by atoms with van der Waals surface area (Å²) in [6.45, 7) is 1.46. The molecule has 4 aromatic rings. The molecule has 0 amide bonds. The van der Waals surface area contributed by atoms with Crippen LogP contribution >= 0.6 is 0 Å². The third-order valence-corrected chi connectivity index (χ3v) is 5.98. The number of nitrogens with zero attached hydrogens (tertiary/aromatic N) is 4. The summed E-state index contributed by atoms with van der Waals surface area (Å²) in [5, 5.41) is 10.3. The molecule has 0 radical (unpaired) electrons. The maximum Gasteiger partial charge on any atom is 0.329 e. The molecular formula is C23H26N4O3. The minimum absolute atomic E-state index is 0.0326. The van der Waals surface area contributed by atoms with Crippen molar-refractivity contribution in [1.82, 2.24) is 18.7 Å².